The summed E-state index contributed by atoms with van der Waals surface area (Å²) in [5.74, 6) is 4.15. The van der Waals surface area contributed by atoms with Crippen molar-refractivity contribution in [2.45, 2.75) is 135 Å². The SMILES string of the molecule is CCCCCCCC1CCC2CC(c3cc4c(cc3F)CC(CCCC)CC4)CCC2C1. The van der Waals surface area contributed by atoms with E-state index in [9.17, 15) is 0 Å². The summed E-state index contributed by atoms with van der Waals surface area (Å²) < 4.78 is 15.3. The van der Waals surface area contributed by atoms with Gasteiger partial charge >= 0.3 is 0 Å². The minimum Gasteiger partial charge on any atom is -0.207 e. The van der Waals surface area contributed by atoms with E-state index in [0.717, 1.165) is 35.7 Å². The normalized spacial score (nSPS) is 30.0. The van der Waals surface area contributed by atoms with Crippen molar-refractivity contribution in [1.29, 1.82) is 0 Å². The van der Waals surface area contributed by atoms with Gasteiger partial charge in [0.2, 0.25) is 0 Å². The van der Waals surface area contributed by atoms with Gasteiger partial charge in [0, 0.05) is 0 Å². The maximum absolute atomic E-state index is 15.3. The molecule has 1 aromatic carbocycles. The largest absolute Gasteiger partial charge is 0.207 e. The van der Waals surface area contributed by atoms with Crippen molar-refractivity contribution in [2.75, 3.05) is 0 Å². The Morgan fingerprint density at radius 1 is 0.719 bits per heavy atom. The smallest absolute Gasteiger partial charge is 0.126 e. The molecule has 2 saturated carbocycles. The van der Waals surface area contributed by atoms with Gasteiger partial charge in [0.05, 0.1) is 0 Å². The summed E-state index contributed by atoms with van der Waals surface area (Å²) in [7, 11) is 0. The molecule has 0 bridgehead atoms. The average molecular weight is 441 g/mol. The number of fused-ring (bicyclic) bond motifs is 2. The zero-order chi connectivity index (χ0) is 22.3. The van der Waals surface area contributed by atoms with Crippen molar-refractivity contribution in [2.24, 2.45) is 23.7 Å². The Morgan fingerprint density at radius 2 is 1.47 bits per heavy atom. The number of hydrogen-bond acceptors (Lipinski definition) is 0. The number of rotatable bonds is 10. The van der Waals surface area contributed by atoms with E-state index in [2.05, 4.69) is 19.9 Å². The van der Waals surface area contributed by atoms with Crippen molar-refractivity contribution in [3.63, 3.8) is 0 Å². The molecule has 0 N–H and O–H groups in total. The number of benzene rings is 1. The molecular weight excluding hydrogens is 391 g/mol. The fourth-order valence-electron chi connectivity index (χ4n) is 7.49. The lowest BCUT2D eigenvalue weighted by Crippen LogP contribution is -2.31. The van der Waals surface area contributed by atoms with Gasteiger partial charge in [-0.15, -0.1) is 0 Å². The fourth-order valence-corrected chi connectivity index (χ4v) is 7.49. The maximum atomic E-state index is 15.3. The Morgan fingerprint density at radius 3 is 2.31 bits per heavy atom. The molecule has 0 radical (unpaired) electrons. The third-order valence-corrected chi connectivity index (χ3v) is 9.49. The zero-order valence-electron chi connectivity index (χ0n) is 21.1. The van der Waals surface area contributed by atoms with Crippen LogP contribution in [-0.2, 0) is 12.8 Å². The molecule has 0 nitrogen and oxygen atoms in total. The number of hydrogen-bond donors (Lipinski definition) is 0. The van der Waals surface area contributed by atoms with Crippen LogP contribution >= 0.6 is 0 Å². The van der Waals surface area contributed by atoms with E-state index in [0.29, 0.717) is 5.92 Å². The van der Waals surface area contributed by atoms with Crippen LogP contribution in [0.5, 0.6) is 0 Å². The van der Waals surface area contributed by atoms with Gasteiger partial charge in [0.25, 0.3) is 0 Å². The Bertz CT molecular complexity index is 707. The third-order valence-electron chi connectivity index (χ3n) is 9.49. The topological polar surface area (TPSA) is 0 Å². The van der Waals surface area contributed by atoms with Gasteiger partial charge in [0.15, 0.2) is 0 Å². The first-order valence-electron chi connectivity index (χ1n) is 14.5. The highest BCUT2D eigenvalue weighted by molar-refractivity contribution is 5.37. The molecule has 3 aliphatic carbocycles. The molecule has 0 amide bonds. The summed E-state index contributed by atoms with van der Waals surface area (Å²) in [6.07, 6.45) is 24.2. The summed E-state index contributed by atoms with van der Waals surface area (Å²) in [5.41, 5.74) is 3.88. The molecule has 0 heterocycles. The van der Waals surface area contributed by atoms with Gasteiger partial charge in [0.1, 0.15) is 5.82 Å². The monoisotopic (exact) mass is 440 g/mol. The molecule has 2 fully saturated rings. The van der Waals surface area contributed by atoms with Crippen LogP contribution in [0.1, 0.15) is 139 Å². The minimum atomic E-state index is 0.115. The summed E-state index contributed by atoms with van der Waals surface area (Å²) in [4.78, 5) is 0. The molecule has 4 rings (SSSR count). The van der Waals surface area contributed by atoms with Crippen molar-refractivity contribution in [3.05, 3.63) is 34.6 Å². The van der Waals surface area contributed by atoms with Gasteiger partial charge in [-0.3, -0.25) is 0 Å². The van der Waals surface area contributed by atoms with Gasteiger partial charge in [-0.2, -0.15) is 0 Å². The van der Waals surface area contributed by atoms with Crippen LogP contribution in [0.15, 0.2) is 12.1 Å². The first-order valence-corrected chi connectivity index (χ1v) is 14.5. The lowest BCUT2D eigenvalue weighted by Gasteiger charge is -2.42. The van der Waals surface area contributed by atoms with Crippen molar-refractivity contribution in [1.82, 2.24) is 0 Å². The molecule has 1 aromatic rings. The Hall–Kier alpha value is -0.850. The molecule has 5 atom stereocenters. The van der Waals surface area contributed by atoms with Crippen LogP contribution in [-0.4, -0.2) is 0 Å². The Balaban J connectivity index is 1.30. The molecule has 0 aliphatic heterocycles. The summed E-state index contributed by atoms with van der Waals surface area (Å²) in [6, 6.07) is 4.26. The van der Waals surface area contributed by atoms with Crippen molar-refractivity contribution >= 4 is 0 Å². The molecule has 1 heteroatoms. The van der Waals surface area contributed by atoms with Crippen molar-refractivity contribution < 1.29 is 4.39 Å². The average Bonchev–Trinajstić information content (AvgIpc) is 2.81. The Kier molecular flexibility index (Phi) is 9.13. The maximum Gasteiger partial charge on any atom is 0.126 e. The molecule has 0 aromatic heterocycles. The van der Waals surface area contributed by atoms with E-state index in [1.54, 1.807) is 0 Å². The van der Waals surface area contributed by atoms with Gasteiger partial charge in [-0.25, -0.2) is 4.39 Å². The van der Waals surface area contributed by atoms with Crippen LogP contribution in [0, 0.1) is 29.5 Å². The first kappa shape index (κ1) is 24.3. The van der Waals surface area contributed by atoms with E-state index < -0.39 is 0 Å². The fraction of sp³-hybridized carbons (Fsp3) is 0.806. The summed E-state index contributed by atoms with van der Waals surface area (Å²) in [5, 5.41) is 0. The van der Waals surface area contributed by atoms with Gasteiger partial charge in [-0.05, 0) is 104 Å². The predicted octanol–water partition coefficient (Wildman–Crippen LogP) is 9.78. The van der Waals surface area contributed by atoms with E-state index in [1.165, 1.54) is 120 Å². The molecule has 3 aliphatic rings. The summed E-state index contributed by atoms with van der Waals surface area (Å²) in [6.45, 7) is 4.58. The quantitative estimate of drug-likeness (QED) is 0.317. The third kappa shape index (κ3) is 6.18. The van der Waals surface area contributed by atoms with Gasteiger partial charge < -0.3 is 0 Å². The number of aryl methyl sites for hydroxylation is 1. The second-order valence-electron chi connectivity index (χ2n) is 11.8. The molecule has 0 saturated heterocycles. The first-order chi connectivity index (χ1) is 15.7. The minimum absolute atomic E-state index is 0.115. The molecule has 5 unspecified atom stereocenters. The lowest BCUT2D eigenvalue weighted by atomic mass is 9.63. The standard InChI is InChI=1S/C31H49F/c1-3-5-7-8-9-11-24-12-14-26-20-28(17-16-25(26)18-24)30-21-27-15-13-23(10-6-4-2)19-29(27)22-31(30)32/h21-26,28H,3-20H2,1-2H3. The van der Waals surface area contributed by atoms with Crippen LogP contribution in [0.25, 0.3) is 0 Å². The lowest BCUT2D eigenvalue weighted by molar-refractivity contribution is 0.112. The number of unbranched alkanes of at least 4 members (excludes halogenated alkanes) is 5. The Labute approximate surface area is 198 Å². The van der Waals surface area contributed by atoms with Crippen LogP contribution in [0.2, 0.25) is 0 Å². The van der Waals surface area contributed by atoms with Crippen molar-refractivity contribution in [3.8, 4) is 0 Å². The predicted molar refractivity (Wildman–Crippen MR) is 136 cm³/mol. The second-order valence-corrected chi connectivity index (χ2v) is 11.8. The highest BCUT2D eigenvalue weighted by Gasteiger charge is 2.36. The molecule has 32 heavy (non-hydrogen) atoms. The second kappa shape index (κ2) is 12.0. The highest BCUT2D eigenvalue weighted by Crippen LogP contribution is 2.49. The zero-order valence-corrected chi connectivity index (χ0v) is 21.1. The molecule has 180 valence electrons. The van der Waals surface area contributed by atoms with Crippen LogP contribution in [0.3, 0.4) is 0 Å². The van der Waals surface area contributed by atoms with E-state index in [4.69, 9.17) is 0 Å². The number of halogens is 1. The van der Waals surface area contributed by atoms with E-state index >= 15 is 4.39 Å². The van der Waals surface area contributed by atoms with Crippen LogP contribution in [0.4, 0.5) is 4.39 Å². The van der Waals surface area contributed by atoms with E-state index in [1.807, 2.05) is 6.07 Å². The van der Waals surface area contributed by atoms with Gasteiger partial charge in [-0.1, -0.05) is 84.1 Å². The highest BCUT2D eigenvalue weighted by atomic mass is 19.1. The molecule has 0 spiro atoms. The summed E-state index contributed by atoms with van der Waals surface area (Å²) >= 11 is 0. The molecular formula is C31H49F. The van der Waals surface area contributed by atoms with E-state index in [-0.39, 0.29) is 5.82 Å². The van der Waals surface area contributed by atoms with Crippen LogP contribution < -0.4 is 0 Å².